The fraction of sp³-hybridized carbons (Fsp3) is 0.947. The number of hydrogen-bond acceptors (Lipinski definition) is 4. The summed E-state index contributed by atoms with van der Waals surface area (Å²) in [6, 6.07) is 0. The van der Waals surface area contributed by atoms with Crippen molar-refractivity contribution in [2.75, 3.05) is 45.9 Å². The number of likely N-dealkylation sites (tertiary alicyclic amines) is 2. The van der Waals surface area contributed by atoms with Gasteiger partial charge in [0.1, 0.15) is 0 Å². The highest BCUT2D eigenvalue weighted by molar-refractivity contribution is 5.83. The van der Waals surface area contributed by atoms with Gasteiger partial charge in [0.25, 0.3) is 0 Å². The molecule has 2 atom stereocenters. The molecule has 3 saturated heterocycles. The van der Waals surface area contributed by atoms with Crippen LogP contribution in [-0.2, 0) is 14.3 Å². The highest BCUT2D eigenvalue weighted by Crippen LogP contribution is 2.60. The zero-order valence-corrected chi connectivity index (χ0v) is 14.9. The molecule has 0 unspecified atom stereocenters. The summed E-state index contributed by atoms with van der Waals surface area (Å²) in [4.78, 5) is 17.2. The lowest BCUT2D eigenvalue weighted by Crippen LogP contribution is -2.39. The van der Waals surface area contributed by atoms with Crippen LogP contribution in [0.4, 0.5) is 0 Å². The number of ether oxygens (including phenoxy) is 2. The summed E-state index contributed by atoms with van der Waals surface area (Å²) in [5.41, 5.74) is 0.351. The van der Waals surface area contributed by atoms with Crippen LogP contribution < -0.4 is 0 Å². The molecule has 0 N–H and O–H groups in total. The average Bonchev–Trinajstić information content (AvgIpc) is 3.06. The molecule has 4 fully saturated rings. The summed E-state index contributed by atoms with van der Waals surface area (Å²) in [6.07, 6.45) is 9.39. The number of rotatable bonds is 5. The van der Waals surface area contributed by atoms with Gasteiger partial charge in [0.05, 0.1) is 6.61 Å². The maximum Gasteiger partial charge on any atom is 0.226 e. The lowest BCUT2D eigenvalue weighted by molar-refractivity contribution is -0.164. The summed E-state index contributed by atoms with van der Waals surface area (Å²) in [7, 11) is 0. The summed E-state index contributed by atoms with van der Waals surface area (Å²) >= 11 is 0. The molecule has 1 aliphatic carbocycles. The standard InChI is InChI=1S/C19H32N2O3/c22-18(21-8-2-3-9-21)16-15-19(16)6-10-20(11-7-19)12-14-24-17-5-1-4-13-23-17/h16-17H,1-15H2/t16-,17+/m1/s1. The Morgan fingerprint density at radius 1 is 1.08 bits per heavy atom. The fourth-order valence-corrected chi connectivity index (χ4v) is 4.79. The monoisotopic (exact) mass is 336 g/mol. The van der Waals surface area contributed by atoms with Crippen molar-refractivity contribution in [1.82, 2.24) is 9.80 Å². The number of piperidine rings is 1. The molecule has 0 aromatic carbocycles. The van der Waals surface area contributed by atoms with Gasteiger partial charge < -0.3 is 19.3 Å². The largest absolute Gasteiger partial charge is 0.353 e. The quantitative estimate of drug-likeness (QED) is 0.772. The Balaban J connectivity index is 1.15. The van der Waals surface area contributed by atoms with Crippen molar-refractivity contribution < 1.29 is 14.3 Å². The first-order valence-electron chi connectivity index (χ1n) is 10.0. The van der Waals surface area contributed by atoms with Crippen molar-refractivity contribution in [2.45, 2.75) is 57.7 Å². The van der Waals surface area contributed by atoms with E-state index in [2.05, 4.69) is 9.80 Å². The van der Waals surface area contributed by atoms with Gasteiger partial charge in [0.2, 0.25) is 5.91 Å². The number of carbonyl (C=O) groups is 1. The second-order valence-electron chi connectivity index (χ2n) is 8.16. The van der Waals surface area contributed by atoms with Gasteiger partial charge in [-0.1, -0.05) is 0 Å². The van der Waals surface area contributed by atoms with Crippen LogP contribution in [0.3, 0.4) is 0 Å². The highest BCUT2D eigenvalue weighted by atomic mass is 16.7. The first-order valence-corrected chi connectivity index (χ1v) is 10.0. The number of hydrogen-bond donors (Lipinski definition) is 0. The van der Waals surface area contributed by atoms with Crippen molar-refractivity contribution in [1.29, 1.82) is 0 Å². The summed E-state index contributed by atoms with van der Waals surface area (Å²) in [5.74, 6) is 0.795. The molecule has 24 heavy (non-hydrogen) atoms. The third-order valence-electron chi connectivity index (χ3n) is 6.61. The third kappa shape index (κ3) is 3.63. The van der Waals surface area contributed by atoms with E-state index in [1.54, 1.807) is 0 Å². The Kier molecular flexibility index (Phi) is 5.11. The second-order valence-corrected chi connectivity index (χ2v) is 8.16. The minimum Gasteiger partial charge on any atom is -0.353 e. The molecular weight excluding hydrogens is 304 g/mol. The van der Waals surface area contributed by atoms with Crippen molar-refractivity contribution in [3.8, 4) is 0 Å². The van der Waals surface area contributed by atoms with Crippen LogP contribution in [0.1, 0.15) is 51.4 Å². The van der Waals surface area contributed by atoms with E-state index in [0.717, 1.165) is 58.8 Å². The molecule has 5 nitrogen and oxygen atoms in total. The molecule has 4 aliphatic rings. The van der Waals surface area contributed by atoms with E-state index in [1.165, 1.54) is 38.5 Å². The smallest absolute Gasteiger partial charge is 0.226 e. The molecular formula is C19H32N2O3. The van der Waals surface area contributed by atoms with Crippen molar-refractivity contribution in [3.63, 3.8) is 0 Å². The number of amides is 1. The lowest BCUT2D eigenvalue weighted by atomic mass is 9.90. The van der Waals surface area contributed by atoms with Gasteiger partial charge in [0.15, 0.2) is 6.29 Å². The maximum absolute atomic E-state index is 12.6. The van der Waals surface area contributed by atoms with E-state index >= 15 is 0 Å². The molecule has 136 valence electrons. The lowest BCUT2D eigenvalue weighted by Gasteiger charge is -2.33. The molecule has 0 aromatic heterocycles. The van der Waals surface area contributed by atoms with Gasteiger partial charge in [-0.05, 0) is 69.9 Å². The topological polar surface area (TPSA) is 42.0 Å². The molecule has 3 aliphatic heterocycles. The van der Waals surface area contributed by atoms with Gasteiger partial charge in [-0.25, -0.2) is 0 Å². The average molecular weight is 336 g/mol. The third-order valence-corrected chi connectivity index (χ3v) is 6.61. The van der Waals surface area contributed by atoms with Crippen molar-refractivity contribution in [2.24, 2.45) is 11.3 Å². The van der Waals surface area contributed by atoms with E-state index in [0.29, 0.717) is 17.2 Å². The molecule has 3 heterocycles. The Hall–Kier alpha value is -0.650. The van der Waals surface area contributed by atoms with Crippen LogP contribution >= 0.6 is 0 Å². The first kappa shape index (κ1) is 16.8. The van der Waals surface area contributed by atoms with Crippen LogP contribution in [0.25, 0.3) is 0 Å². The van der Waals surface area contributed by atoms with E-state index in [4.69, 9.17) is 9.47 Å². The summed E-state index contributed by atoms with van der Waals surface area (Å²) in [6.45, 7) is 6.87. The van der Waals surface area contributed by atoms with E-state index < -0.39 is 0 Å². The minimum absolute atomic E-state index is 0.0285. The zero-order chi connectivity index (χ0) is 16.4. The summed E-state index contributed by atoms with van der Waals surface area (Å²) in [5, 5.41) is 0. The Morgan fingerprint density at radius 3 is 2.58 bits per heavy atom. The molecule has 0 aromatic rings. The van der Waals surface area contributed by atoms with Gasteiger partial charge in [-0.3, -0.25) is 4.79 Å². The second kappa shape index (κ2) is 7.30. The normalized spacial score (nSPS) is 33.1. The minimum atomic E-state index is 0.0285. The maximum atomic E-state index is 12.6. The molecule has 1 saturated carbocycles. The number of carbonyl (C=O) groups excluding carboxylic acids is 1. The Bertz CT molecular complexity index is 436. The van der Waals surface area contributed by atoms with Crippen LogP contribution in [0.2, 0.25) is 0 Å². The predicted molar refractivity (Wildman–Crippen MR) is 91.6 cm³/mol. The molecule has 1 amide bonds. The van der Waals surface area contributed by atoms with Gasteiger partial charge in [-0.15, -0.1) is 0 Å². The number of nitrogens with zero attached hydrogens (tertiary/aromatic N) is 2. The Labute approximate surface area is 145 Å². The molecule has 0 bridgehead atoms. The molecule has 5 heteroatoms. The Morgan fingerprint density at radius 2 is 1.88 bits per heavy atom. The highest BCUT2D eigenvalue weighted by Gasteiger charge is 2.59. The van der Waals surface area contributed by atoms with Gasteiger partial charge in [0, 0.05) is 32.2 Å². The SMILES string of the molecule is O=C([C@H]1CC12CCN(CCO[C@H]1CCCCO1)CC2)N1CCCC1. The molecule has 1 spiro atoms. The van der Waals surface area contributed by atoms with Gasteiger partial charge in [-0.2, -0.15) is 0 Å². The van der Waals surface area contributed by atoms with Crippen LogP contribution in [0.5, 0.6) is 0 Å². The van der Waals surface area contributed by atoms with E-state index in [1.807, 2.05) is 0 Å². The zero-order valence-electron chi connectivity index (χ0n) is 14.9. The molecule has 4 rings (SSSR count). The fourth-order valence-electron chi connectivity index (χ4n) is 4.79. The van der Waals surface area contributed by atoms with E-state index in [-0.39, 0.29) is 6.29 Å². The molecule has 0 radical (unpaired) electrons. The van der Waals surface area contributed by atoms with Crippen molar-refractivity contribution >= 4 is 5.91 Å². The van der Waals surface area contributed by atoms with Gasteiger partial charge >= 0.3 is 0 Å². The first-order chi connectivity index (χ1) is 11.8. The predicted octanol–water partition coefficient (Wildman–Crippen LogP) is 2.25. The van der Waals surface area contributed by atoms with Crippen LogP contribution in [-0.4, -0.2) is 67.9 Å². The van der Waals surface area contributed by atoms with Crippen molar-refractivity contribution in [3.05, 3.63) is 0 Å². The summed E-state index contributed by atoms with van der Waals surface area (Å²) < 4.78 is 11.5. The van der Waals surface area contributed by atoms with Crippen LogP contribution in [0.15, 0.2) is 0 Å². The van der Waals surface area contributed by atoms with Crippen LogP contribution in [0, 0.1) is 11.3 Å². The van der Waals surface area contributed by atoms with E-state index in [9.17, 15) is 4.79 Å².